The molecule has 0 bridgehead atoms. The number of hydrogen-bond acceptors (Lipinski definition) is 4. The lowest BCUT2D eigenvalue weighted by Crippen LogP contribution is -2.36. The number of carbonyl (C=O) groups is 1. The van der Waals surface area contributed by atoms with Crippen LogP contribution in [0.3, 0.4) is 0 Å². The fraction of sp³-hybridized carbons (Fsp3) is 0.333. The summed E-state index contributed by atoms with van der Waals surface area (Å²) in [7, 11) is 0. The van der Waals surface area contributed by atoms with Crippen LogP contribution in [0.5, 0.6) is 0 Å². The van der Waals surface area contributed by atoms with Gasteiger partial charge in [-0.2, -0.15) is 5.10 Å². The molecule has 0 radical (unpaired) electrons. The summed E-state index contributed by atoms with van der Waals surface area (Å²) in [5.41, 5.74) is 0.871. The average Bonchev–Trinajstić information content (AvgIpc) is 3.07. The van der Waals surface area contributed by atoms with Gasteiger partial charge in [0, 0.05) is 36.1 Å². The third kappa shape index (κ3) is 4.14. The maximum atomic E-state index is 14.1. The van der Waals surface area contributed by atoms with Gasteiger partial charge in [0.05, 0.1) is 12.5 Å². The molecule has 4 rings (SSSR count). The quantitative estimate of drug-likeness (QED) is 0.652. The SMILES string of the molecule is O=C(NCCc1cccnc1)C1CCCn2c1nn(Cc1c(F)cccc1Cl)c2=O. The Balaban J connectivity index is 1.50. The van der Waals surface area contributed by atoms with Gasteiger partial charge in [-0.15, -0.1) is 0 Å². The Morgan fingerprint density at radius 1 is 1.30 bits per heavy atom. The van der Waals surface area contributed by atoms with Crippen LogP contribution in [0.1, 0.15) is 35.7 Å². The zero-order valence-corrected chi connectivity index (χ0v) is 17.0. The smallest absolute Gasteiger partial charge is 0.346 e. The van der Waals surface area contributed by atoms with Crippen molar-refractivity contribution in [3.05, 3.63) is 81.0 Å². The summed E-state index contributed by atoms with van der Waals surface area (Å²) in [6, 6.07) is 8.17. The molecule has 0 spiro atoms. The van der Waals surface area contributed by atoms with E-state index >= 15 is 0 Å². The van der Waals surface area contributed by atoms with Crippen molar-refractivity contribution >= 4 is 17.5 Å². The van der Waals surface area contributed by atoms with Crippen LogP contribution in [0.2, 0.25) is 5.02 Å². The van der Waals surface area contributed by atoms with Crippen LogP contribution in [0.25, 0.3) is 0 Å². The molecule has 3 aromatic rings. The Morgan fingerprint density at radius 2 is 2.17 bits per heavy atom. The van der Waals surface area contributed by atoms with E-state index in [1.165, 1.54) is 21.4 Å². The standard InChI is InChI=1S/C21H21ClFN5O2/c22-17-6-1-7-18(23)16(17)13-28-21(30)27-11-3-5-15(19(27)26-28)20(29)25-10-8-14-4-2-9-24-12-14/h1-2,4,6-7,9,12,15H,3,5,8,10-11,13H2,(H,25,29). The number of rotatable bonds is 6. The second-order valence-electron chi connectivity index (χ2n) is 7.25. The highest BCUT2D eigenvalue weighted by Gasteiger charge is 2.31. The van der Waals surface area contributed by atoms with Crippen LogP contribution < -0.4 is 11.0 Å². The van der Waals surface area contributed by atoms with Gasteiger partial charge in [0.1, 0.15) is 11.6 Å². The number of fused-ring (bicyclic) bond motifs is 1. The van der Waals surface area contributed by atoms with Gasteiger partial charge >= 0.3 is 5.69 Å². The number of nitrogens with zero attached hydrogens (tertiary/aromatic N) is 4. The largest absolute Gasteiger partial charge is 0.355 e. The van der Waals surface area contributed by atoms with E-state index in [4.69, 9.17) is 11.6 Å². The third-order valence-corrected chi connectivity index (χ3v) is 5.61. The van der Waals surface area contributed by atoms with Gasteiger partial charge in [-0.25, -0.2) is 13.9 Å². The van der Waals surface area contributed by atoms with Crippen molar-refractivity contribution in [1.82, 2.24) is 24.6 Å². The first-order chi connectivity index (χ1) is 14.5. The summed E-state index contributed by atoms with van der Waals surface area (Å²) in [5.74, 6) is -0.763. The Kier molecular flexibility index (Phi) is 5.94. The van der Waals surface area contributed by atoms with E-state index < -0.39 is 11.7 Å². The summed E-state index contributed by atoms with van der Waals surface area (Å²) >= 11 is 6.09. The van der Waals surface area contributed by atoms with Crippen LogP contribution in [-0.4, -0.2) is 31.8 Å². The van der Waals surface area contributed by atoms with Gasteiger partial charge in [-0.1, -0.05) is 23.7 Å². The lowest BCUT2D eigenvalue weighted by atomic mass is 9.98. The molecule has 156 valence electrons. The molecule has 0 fully saturated rings. The lowest BCUT2D eigenvalue weighted by Gasteiger charge is -2.21. The molecule has 9 heteroatoms. The second-order valence-corrected chi connectivity index (χ2v) is 7.65. The minimum atomic E-state index is -0.516. The first kappa shape index (κ1) is 20.3. The predicted octanol–water partition coefficient (Wildman–Crippen LogP) is 2.52. The van der Waals surface area contributed by atoms with Crippen molar-refractivity contribution < 1.29 is 9.18 Å². The average molecular weight is 430 g/mol. The minimum absolute atomic E-state index is 0.0836. The molecule has 1 aliphatic rings. The molecule has 1 unspecified atom stereocenters. The maximum Gasteiger partial charge on any atom is 0.346 e. The molecule has 0 aliphatic carbocycles. The van der Waals surface area contributed by atoms with Gasteiger partial charge in [-0.3, -0.25) is 14.3 Å². The molecule has 1 aromatic carbocycles. The Morgan fingerprint density at radius 3 is 2.93 bits per heavy atom. The van der Waals surface area contributed by atoms with E-state index in [2.05, 4.69) is 15.4 Å². The number of benzene rings is 1. The highest BCUT2D eigenvalue weighted by atomic mass is 35.5. The van der Waals surface area contributed by atoms with Crippen molar-refractivity contribution in [2.45, 2.75) is 38.3 Å². The van der Waals surface area contributed by atoms with E-state index in [0.717, 1.165) is 5.56 Å². The fourth-order valence-electron chi connectivity index (χ4n) is 3.69. The van der Waals surface area contributed by atoms with E-state index in [1.54, 1.807) is 18.5 Å². The summed E-state index contributed by atoms with van der Waals surface area (Å²) < 4.78 is 16.8. The summed E-state index contributed by atoms with van der Waals surface area (Å²) in [6.45, 7) is 0.870. The van der Waals surface area contributed by atoms with Gasteiger partial charge in [0.15, 0.2) is 0 Å². The third-order valence-electron chi connectivity index (χ3n) is 5.26. The Bertz CT molecular complexity index is 1090. The van der Waals surface area contributed by atoms with E-state index in [-0.39, 0.29) is 28.7 Å². The number of amides is 1. The van der Waals surface area contributed by atoms with Crippen LogP contribution in [0, 0.1) is 5.82 Å². The molecule has 1 aliphatic heterocycles. The molecule has 0 saturated heterocycles. The van der Waals surface area contributed by atoms with Gasteiger partial charge in [0.2, 0.25) is 5.91 Å². The highest BCUT2D eigenvalue weighted by molar-refractivity contribution is 6.31. The normalized spacial score (nSPS) is 15.6. The number of carbonyl (C=O) groups excluding carboxylic acids is 1. The van der Waals surface area contributed by atoms with Crippen LogP contribution in [0.15, 0.2) is 47.5 Å². The molecule has 3 heterocycles. The van der Waals surface area contributed by atoms with E-state index in [9.17, 15) is 14.0 Å². The van der Waals surface area contributed by atoms with Gasteiger partial charge in [0.25, 0.3) is 0 Å². The van der Waals surface area contributed by atoms with Crippen LogP contribution in [0.4, 0.5) is 4.39 Å². The zero-order chi connectivity index (χ0) is 21.1. The van der Waals surface area contributed by atoms with Crippen LogP contribution >= 0.6 is 11.6 Å². The molecule has 2 aromatic heterocycles. The molecule has 30 heavy (non-hydrogen) atoms. The molecule has 0 saturated carbocycles. The summed E-state index contributed by atoms with van der Waals surface area (Å²) in [6.07, 6.45) is 5.43. The van der Waals surface area contributed by atoms with Crippen molar-refractivity contribution in [2.75, 3.05) is 6.54 Å². The van der Waals surface area contributed by atoms with Crippen molar-refractivity contribution in [1.29, 1.82) is 0 Å². The van der Waals surface area contributed by atoms with E-state index in [1.807, 2.05) is 12.1 Å². The summed E-state index contributed by atoms with van der Waals surface area (Å²) in [4.78, 5) is 29.6. The number of aromatic nitrogens is 4. The fourth-order valence-corrected chi connectivity index (χ4v) is 3.91. The van der Waals surface area contributed by atoms with Gasteiger partial charge < -0.3 is 5.32 Å². The van der Waals surface area contributed by atoms with Crippen molar-refractivity contribution in [2.24, 2.45) is 0 Å². The van der Waals surface area contributed by atoms with E-state index in [0.29, 0.717) is 38.2 Å². The Labute approximate surface area is 177 Å². The first-order valence-electron chi connectivity index (χ1n) is 9.81. The number of nitrogens with one attached hydrogen (secondary N) is 1. The maximum absolute atomic E-state index is 14.1. The topological polar surface area (TPSA) is 81.8 Å². The Hall–Kier alpha value is -3.00. The lowest BCUT2D eigenvalue weighted by molar-refractivity contribution is -0.123. The van der Waals surface area contributed by atoms with Crippen LogP contribution in [-0.2, 0) is 24.3 Å². The predicted molar refractivity (Wildman–Crippen MR) is 110 cm³/mol. The summed E-state index contributed by atoms with van der Waals surface area (Å²) in [5, 5.41) is 7.53. The molecule has 7 nitrogen and oxygen atoms in total. The number of hydrogen-bond donors (Lipinski definition) is 1. The minimum Gasteiger partial charge on any atom is -0.355 e. The zero-order valence-electron chi connectivity index (χ0n) is 16.2. The molecule has 1 amide bonds. The number of halogens is 2. The molecular weight excluding hydrogens is 409 g/mol. The van der Waals surface area contributed by atoms with Crippen molar-refractivity contribution in [3.8, 4) is 0 Å². The molecule has 1 atom stereocenters. The first-order valence-corrected chi connectivity index (χ1v) is 10.2. The van der Waals surface area contributed by atoms with Crippen molar-refractivity contribution in [3.63, 3.8) is 0 Å². The molecule has 1 N–H and O–H groups in total. The molecular formula is C21H21ClFN5O2. The number of pyridine rings is 1. The second kappa shape index (κ2) is 8.79. The monoisotopic (exact) mass is 429 g/mol. The van der Waals surface area contributed by atoms with Gasteiger partial charge in [-0.05, 0) is 43.0 Å². The highest BCUT2D eigenvalue weighted by Crippen LogP contribution is 2.25.